The Bertz CT molecular complexity index is 184. The molecule has 0 radical (unpaired) electrons. The van der Waals surface area contributed by atoms with E-state index in [1.807, 2.05) is 6.92 Å². The van der Waals surface area contributed by atoms with Gasteiger partial charge in [-0.15, -0.1) is 0 Å². The number of rotatable bonds is 3. The van der Waals surface area contributed by atoms with Crippen molar-refractivity contribution in [1.29, 1.82) is 0 Å². The highest BCUT2D eigenvalue weighted by Crippen LogP contribution is 2.13. The van der Waals surface area contributed by atoms with E-state index in [1.54, 1.807) is 0 Å². The molecule has 1 aliphatic heterocycles. The third-order valence-corrected chi connectivity index (χ3v) is 2.65. The lowest BCUT2D eigenvalue weighted by Gasteiger charge is -2.37. The number of carbonyl (C=O) groups is 1. The van der Waals surface area contributed by atoms with E-state index in [0.29, 0.717) is 19.3 Å². The number of nitrogens with zero attached hydrogens (tertiary/aromatic N) is 1. The SMILES string of the molecule is CCC1COCCN1C(C)C(N)=O. The Morgan fingerprint density at radius 2 is 2.46 bits per heavy atom. The first-order valence-electron chi connectivity index (χ1n) is 4.79. The highest BCUT2D eigenvalue weighted by molar-refractivity contribution is 5.79. The quantitative estimate of drug-likeness (QED) is 0.673. The predicted octanol–water partition coefficient (Wildman–Crippen LogP) is -0.0290. The molecule has 1 rings (SSSR count). The van der Waals surface area contributed by atoms with Gasteiger partial charge in [0.25, 0.3) is 0 Å². The first-order valence-corrected chi connectivity index (χ1v) is 4.79. The number of morpholine rings is 1. The van der Waals surface area contributed by atoms with Gasteiger partial charge in [0.05, 0.1) is 19.3 Å². The molecule has 0 bridgehead atoms. The molecule has 0 aromatic rings. The van der Waals surface area contributed by atoms with E-state index in [2.05, 4.69) is 11.8 Å². The van der Waals surface area contributed by atoms with Crippen molar-refractivity contribution in [2.45, 2.75) is 32.4 Å². The van der Waals surface area contributed by atoms with Crippen molar-refractivity contribution in [3.8, 4) is 0 Å². The van der Waals surface area contributed by atoms with Gasteiger partial charge in [-0.3, -0.25) is 9.69 Å². The Balaban J connectivity index is 2.58. The van der Waals surface area contributed by atoms with Gasteiger partial charge in [0, 0.05) is 12.6 Å². The molecule has 2 atom stereocenters. The number of hydrogen-bond acceptors (Lipinski definition) is 3. The second-order valence-corrected chi connectivity index (χ2v) is 3.45. The number of amides is 1. The normalized spacial score (nSPS) is 27.1. The minimum absolute atomic E-state index is 0.172. The van der Waals surface area contributed by atoms with Crippen molar-refractivity contribution < 1.29 is 9.53 Å². The molecule has 0 spiro atoms. The van der Waals surface area contributed by atoms with Gasteiger partial charge in [-0.1, -0.05) is 6.92 Å². The van der Waals surface area contributed by atoms with Gasteiger partial charge in [-0.25, -0.2) is 0 Å². The standard InChI is InChI=1S/C9H18N2O2/c1-3-8-6-13-5-4-11(8)7(2)9(10)12/h7-8H,3-6H2,1-2H3,(H2,10,12). The lowest BCUT2D eigenvalue weighted by molar-refractivity contribution is -0.126. The third-order valence-electron chi connectivity index (χ3n) is 2.65. The van der Waals surface area contributed by atoms with Crippen molar-refractivity contribution in [2.75, 3.05) is 19.8 Å². The van der Waals surface area contributed by atoms with Gasteiger partial charge in [0.15, 0.2) is 0 Å². The van der Waals surface area contributed by atoms with Crippen LogP contribution in [0, 0.1) is 0 Å². The molecule has 1 saturated heterocycles. The summed E-state index contributed by atoms with van der Waals surface area (Å²) in [5.41, 5.74) is 5.26. The van der Waals surface area contributed by atoms with Crippen LogP contribution in [-0.2, 0) is 9.53 Å². The monoisotopic (exact) mass is 186 g/mol. The molecule has 1 amide bonds. The van der Waals surface area contributed by atoms with Gasteiger partial charge in [0.1, 0.15) is 0 Å². The molecule has 1 aliphatic rings. The molecule has 0 aromatic heterocycles. The maximum absolute atomic E-state index is 11.0. The lowest BCUT2D eigenvalue weighted by atomic mass is 10.1. The molecule has 4 heteroatoms. The molecule has 13 heavy (non-hydrogen) atoms. The van der Waals surface area contributed by atoms with E-state index >= 15 is 0 Å². The Morgan fingerprint density at radius 1 is 1.77 bits per heavy atom. The maximum Gasteiger partial charge on any atom is 0.234 e. The van der Waals surface area contributed by atoms with Crippen LogP contribution in [-0.4, -0.2) is 42.6 Å². The summed E-state index contributed by atoms with van der Waals surface area (Å²) in [6.45, 7) is 6.18. The highest BCUT2D eigenvalue weighted by Gasteiger charge is 2.28. The zero-order valence-corrected chi connectivity index (χ0v) is 8.32. The topological polar surface area (TPSA) is 55.6 Å². The van der Waals surface area contributed by atoms with Crippen LogP contribution in [0.15, 0.2) is 0 Å². The Hall–Kier alpha value is -0.610. The first-order chi connectivity index (χ1) is 6.16. The molecule has 2 N–H and O–H groups in total. The van der Waals surface area contributed by atoms with Crippen LogP contribution >= 0.6 is 0 Å². The lowest BCUT2D eigenvalue weighted by Crippen LogP contribution is -2.53. The van der Waals surface area contributed by atoms with Crippen LogP contribution in [0.4, 0.5) is 0 Å². The molecule has 1 fully saturated rings. The minimum Gasteiger partial charge on any atom is -0.378 e. The smallest absolute Gasteiger partial charge is 0.234 e. The Labute approximate surface area is 79.0 Å². The van der Waals surface area contributed by atoms with Gasteiger partial charge in [-0.05, 0) is 13.3 Å². The van der Waals surface area contributed by atoms with Crippen molar-refractivity contribution in [3.05, 3.63) is 0 Å². The van der Waals surface area contributed by atoms with Crippen LogP contribution < -0.4 is 5.73 Å². The molecule has 1 heterocycles. The second kappa shape index (κ2) is 4.58. The predicted molar refractivity (Wildman–Crippen MR) is 50.3 cm³/mol. The van der Waals surface area contributed by atoms with Gasteiger partial charge in [-0.2, -0.15) is 0 Å². The summed E-state index contributed by atoms with van der Waals surface area (Å²) in [5.74, 6) is -0.250. The third kappa shape index (κ3) is 2.42. The number of hydrogen-bond donors (Lipinski definition) is 1. The number of primary amides is 1. The second-order valence-electron chi connectivity index (χ2n) is 3.45. The fourth-order valence-corrected chi connectivity index (χ4v) is 1.69. The minimum atomic E-state index is -0.250. The molecule has 0 saturated carbocycles. The van der Waals surface area contributed by atoms with Crippen molar-refractivity contribution in [1.82, 2.24) is 4.90 Å². The van der Waals surface area contributed by atoms with Gasteiger partial charge in [0.2, 0.25) is 5.91 Å². The van der Waals surface area contributed by atoms with E-state index < -0.39 is 0 Å². The first kappa shape index (κ1) is 10.5. The maximum atomic E-state index is 11.0. The summed E-state index contributed by atoms with van der Waals surface area (Å²) >= 11 is 0. The Kier molecular flexibility index (Phi) is 3.69. The van der Waals surface area contributed by atoms with Crippen molar-refractivity contribution in [3.63, 3.8) is 0 Å². The van der Waals surface area contributed by atoms with E-state index in [0.717, 1.165) is 13.0 Å². The summed E-state index contributed by atoms with van der Waals surface area (Å²) in [6, 6.07) is 0.171. The summed E-state index contributed by atoms with van der Waals surface area (Å²) < 4.78 is 5.34. The van der Waals surface area contributed by atoms with Crippen LogP contribution in [0.1, 0.15) is 20.3 Å². The summed E-state index contributed by atoms with van der Waals surface area (Å²) in [4.78, 5) is 13.1. The molecular weight excluding hydrogens is 168 g/mol. The number of nitrogens with two attached hydrogens (primary N) is 1. The molecule has 2 unspecified atom stereocenters. The summed E-state index contributed by atoms with van der Waals surface area (Å²) in [5, 5.41) is 0. The molecule has 0 aromatic carbocycles. The molecular formula is C9H18N2O2. The van der Waals surface area contributed by atoms with E-state index in [9.17, 15) is 4.79 Å². The Morgan fingerprint density at radius 3 is 3.00 bits per heavy atom. The van der Waals surface area contributed by atoms with Crippen LogP contribution in [0.2, 0.25) is 0 Å². The van der Waals surface area contributed by atoms with Crippen LogP contribution in [0.5, 0.6) is 0 Å². The van der Waals surface area contributed by atoms with Gasteiger partial charge >= 0.3 is 0 Å². The average Bonchev–Trinajstić information content (AvgIpc) is 2.16. The van der Waals surface area contributed by atoms with Crippen molar-refractivity contribution >= 4 is 5.91 Å². The molecule has 4 nitrogen and oxygen atoms in total. The number of ether oxygens (including phenoxy) is 1. The largest absolute Gasteiger partial charge is 0.378 e. The van der Waals surface area contributed by atoms with Crippen LogP contribution in [0.25, 0.3) is 0 Å². The van der Waals surface area contributed by atoms with E-state index in [1.165, 1.54) is 0 Å². The molecule has 76 valence electrons. The summed E-state index contributed by atoms with van der Waals surface area (Å²) in [7, 11) is 0. The fraction of sp³-hybridized carbons (Fsp3) is 0.889. The zero-order valence-electron chi connectivity index (χ0n) is 8.32. The zero-order chi connectivity index (χ0) is 9.84. The summed E-state index contributed by atoms with van der Waals surface area (Å²) in [6.07, 6.45) is 0.998. The fourth-order valence-electron chi connectivity index (χ4n) is 1.69. The number of carbonyl (C=O) groups excluding carboxylic acids is 1. The molecule has 0 aliphatic carbocycles. The van der Waals surface area contributed by atoms with Crippen LogP contribution in [0.3, 0.4) is 0 Å². The average molecular weight is 186 g/mol. The van der Waals surface area contributed by atoms with Gasteiger partial charge < -0.3 is 10.5 Å². The van der Waals surface area contributed by atoms with Crippen molar-refractivity contribution in [2.24, 2.45) is 5.73 Å². The van der Waals surface area contributed by atoms with E-state index in [4.69, 9.17) is 10.5 Å². The van der Waals surface area contributed by atoms with E-state index in [-0.39, 0.29) is 11.9 Å². The highest BCUT2D eigenvalue weighted by atomic mass is 16.5.